The third-order valence-corrected chi connectivity index (χ3v) is 11.9. The lowest BCUT2D eigenvalue weighted by atomic mass is 9.78. The van der Waals surface area contributed by atoms with E-state index in [1.54, 1.807) is 0 Å². The molecule has 3 atom stereocenters. The highest BCUT2D eigenvalue weighted by molar-refractivity contribution is 7.93. The standard InChI is InChI=1S/C24H36N2O4S/c27-21(11-20-4-9-24(30-20)5-1-6-24)26-13-18-10-19(14-26)16-31(29,15-18)25-22(28)23-7-2-17(12-23)3-8-23/h17-20H,1-16H2. The van der Waals surface area contributed by atoms with E-state index in [2.05, 4.69) is 4.36 Å². The number of nitrogens with zero attached hydrogens (tertiary/aromatic N) is 2. The monoisotopic (exact) mass is 448 g/mol. The van der Waals surface area contributed by atoms with E-state index in [1.165, 1.54) is 6.42 Å². The fourth-order valence-electron chi connectivity index (χ4n) is 7.68. The van der Waals surface area contributed by atoms with E-state index in [4.69, 9.17) is 4.74 Å². The number of ether oxygens (including phenoxy) is 1. The summed E-state index contributed by atoms with van der Waals surface area (Å²) in [7, 11) is -2.49. The Morgan fingerprint density at radius 2 is 1.68 bits per heavy atom. The molecule has 31 heavy (non-hydrogen) atoms. The highest BCUT2D eigenvalue weighted by Gasteiger charge is 2.51. The minimum Gasteiger partial charge on any atom is -0.371 e. The molecular formula is C24H36N2O4S. The SMILES string of the molecule is O=C(CC1CCC2(CCC2)O1)N1CC2CC(C1)CS(=O)(=NC(=O)C13CCC(CC1)C3)C2. The van der Waals surface area contributed by atoms with Crippen LogP contribution in [0.15, 0.2) is 4.36 Å². The molecule has 6 fully saturated rings. The van der Waals surface area contributed by atoms with Gasteiger partial charge in [0.1, 0.15) is 0 Å². The Hall–Kier alpha value is -0.950. The van der Waals surface area contributed by atoms with Crippen LogP contribution in [0.5, 0.6) is 0 Å². The maximum absolute atomic E-state index is 13.6. The summed E-state index contributed by atoms with van der Waals surface area (Å²) in [6.07, 6.45) is 12.4. The van der Waals surface area contributed by atoms with Gasteiger partial charge in [0.05, 0.1) is 33.3 Å². The quantitative estimate of drug-likeness (QED) is 0.662. The molecular weight excluding hydrogens is 412 g/mol. The Balaban J connectivity index is 1.09. The topological polar surface area (TPSA) is 76.0 Å². The van der Waals surface area contributed by atoms with Crippen LogP contribution in [0.4, 0.5) is 0 Å². The maximum Gasteiger partial charge on any atom is 0.259 e. The molecule has 0 aromatic carbocycles. The van der Waals surface area contributed by atoms with Crippen molar-refractivity contribution >= 4 is 21.5 Å². The smallest absolute Gasteiger partial charge is 0.259 e. The van der Waals surface area contributed by atoms with Gasteiger partial charge in [-0.3, -0.25) is 9.59 Å². The van der Waals surface area contributed by atoms with Crippen molar-refractivity contribution in [1.82, 2.24) is 4.90 Å². The van der Waals surface area contributed by atoms with Crippen molar-refractivity contribution < 1.29 is 18.5 Å². The fraction of sp³-hybridized carbons (Fsp3) is 0.917. The van der Waals surface area contributed by atoms with Crippen LogP contribution in [0.3, 0.4) is 0 Å². The number of hydrogen-bond donors (Lipinski definition) is 0. The van der Waals surface area contributed by atoms with Gasteiger partial charge in [-0.05, 0) is 88.4 Å². The summed E-state index contributed by atoms with van der Waals surface area (Å²) in [6.45, 7) is 1.34. The third kappa shape index (κ3) is 3.68. The van der Waals surface area contributed by atoms with Crippen molar-refractivity contribution in [3.05, 3.63) is 0 Å². The summed E-state index contributed by atoms with van der Waals surface area (Å²) in [6, 6.07) is 0. The van der Waals surface area contributed by atoms with E-state index >= 15 is 0 Å². The van der Waals surface area contributed by atoms with Gasteiger partial charge in [-0.25, -0.2) is 4.21 Å². The molecule has 6 rings (SSSR count). The highest BCUT2D eigenvalue weighted by Crippen LogP contribution is 2.55. The molecule has 3 aliphatic carbocycles. The molecule has 3 aliphatic heterocycles. The van der Waals surface area contributed by atoms with Crippen LogP contribution >= 0.6 is 0 Å². The van der Waals surface area contributed by atoms with Gasteiger partial charge in [0, 0.05) is 24.6 Å². The van der Waals surface area contributed by atoms with Gasteiger partial charge in [0.15, 0.2) is 0 Å². The lowest BCUT2D eigenvalue weighted by Crippen LogP contribution is -2.51. The van der Waals surface area contributed by atoms with Crippen LogP contribution in [0.1, 0.15) is 77.0 Å². The van der Waals surface area contributed by atoms with Crippen molar-refractivity contribution in [2.45, 2.75) is 88.8 Å². The van der Waals surface area contributed by atoms with Crippen LogP contribution in [0, 0.1) is 23.2 Å². The van der Waals surface area contributed by atoms with E-state index < -0.39 is 9.73 Å². The lowest BCUT2D eigenvalue weighted by molar-refractivity contribution is -0.141. The molecule has 4 bridgehead atoms. The number of piperidine rings is 1. The first kappa shape index (κ1) is 20.6. The number of carbonyl (C=O) groups excluding carboxylic acids is 2. The fourth-order valence-corrected chi connectivity index (χ4v) is 10.4. The first-order valence-electron chi connectivity index (χ1n) is 12.6. The largest absolute Gasteiger partial charge is 0.371 e. The number of fused-ring (bicyclic) bond motifs is 4. The van der Waals surface area contributed by atoms with Gasteiger partial charge in [0.25, 0.3) is 5.91 Å². The van der Waals surface area contributed by atoms with Crippen molar-refractivity contribution in [2.24, 2.45) is 27.5 Å². The first-order valence-corrected chi connectivity index (χ1v) is 14.4. The molecule has 3 saturated heterocycles. The highest BCUT2D eigenvalue weighted by atomic mass is 32.2. The van der Waals surface area contributed by atoms with Crippen LogP contribution in [-0.4, -0.2) is 57.2 Å². The zero-order chi connectivity index (χ0) is 21.3. The average molecular weight is 449 g/mol. The van der Waals surface area contributed by atoms with Gasteiger partial charge in [-0.1, -0.05) is 0 Å². The number of amides is 2. The number of carbonyl (C=O) groups is 2. The second kappa shape index (κ2) is 7.28. The molecule has 7 heteroatoms. The van der Waals surface area contributed by atoms with Gasteiger partial charge >= 0.3 is 0 Å². The Morgan fingerprint density at radius 3 is 2.23 bits per heavy atom. The van der Waals surface area contributed by atoms with Crippen LogP contribution in [0.25, 0.3) is 0 Å². The minimum atomic E-state index is -2.49. The molecule has 3 saturated carbocycles. The number of rotatable bonds is 3. The van der Waals surface area contributed by atoms with E-state index in [9.17, 15) is 13.8 Å². The normalized spacial score (nSPS) is 45.0. The van der Waals surface area contributed by atoms with Gasteiger partial charge in [-0.2, -0.15) is 4.36 Å². The second-order valence-electron chi connectivity index (χ2n) is 11.7. The van der Waals surface area contributed by atoms with Gasteiger partial charge < -0.3 is 9.64 Å². The van der Waals surface area contributed by atoms with E-state index in [-0.39, 0.29) is 40.8 Å². The van der Waals surface area contributed by atoms with Crippen LogP contribution in [0.2, 0.25) is 0 Å². The summed E-state index contributed by atoms with van der Waals surface area (Å²) in [5.41, 5.74) is -0.191. The van der Waals surface area contributed by atoms with E-state index in [1.807, 2.05) is 4.90 Å². The van der Waals surface area contributed by atoms with Crippen molar-refractivity contribution in [3.8, 4) is 0 Å². The van der Waals surface area contributed by atoms with Gasteiger partial charge in [-0.15, -0.1) is 0 Å². The molecule has 0 aromatic heterocycles. The second-order valence-corrected chi connectivity index (χ2v) is 14.1. The predicted molar refractivity (Wildman–Crippen MR) is 118 cm³/mol. The average Bonchev–Trinajstić information content (AvgIpc) is 3.41. The molecule has 0 aromatic rings. The third-order valence-electron chi connectivity index (χ3n) is 9.42. The summed E-state index contributed by atoms with van der Waals surface area (Å²) in [5, 5.41) is 0. The zero-order valence-corrected chi connectivity index (χ0v) is 19.4. The molecule has 6 aliphatic rings. The maximum atomic E-state index is 13.6. The zero-order valence-electron chi connectivity index (χ0n) is 18.6. The lowest BCUT2D eigenvalue weighted by Gasteiger charge is -2.42. The summed E-state index contributed by atoms with van der Waals surface area (Å²) in [4.78, 5) is 28.0. The minimum absolute atomic E-state index is 0.0614. The van der Waals surface area contributed by atoms with Crippen LogP contribution < -0.4 is 0 Å². The Kier molecular flexibility index (Phi) is 4.84. The van der Waals surface area contributed by atoms with Crippen molar-refractivity contribution in [1.29, 1.82) is 0 Å². The molecule has 1 spiro atoms. The van der Waals surface area contributed by atoms with Crippen molar-refractivity contribution in [2.75, 3.05) is 24.6 Å². The molecule has 6 nitrogen and oxygen atoms in total. The Morgan fingerprint density at radius 1 is 0.968 bits per heavy atom. The molecule has 0 N–H and O–H groups in total. The number of likely N-dealkylation sites (tertiary alicyclic amines) is 1. The van der Waals surface area contributed by atoms with E-state index in [0.29, 0.717) is 36.9 Å². The first-order chi connectivity index (χ1) is 14.8. The molecule has 2 amide bonds. The summed E-state index contributed by atoms with van der Waals surface area (Å²) < 4.78 is 24.3. The molecule has 0 radical (unpaired) electrons. The van der Waals surface area contributed by atoms with Crippen molar-refractivity contribution in [3.63, 3.8) is 0 Å². The number of hydrogen-bond acceptors (Lipinski definition) is 4. The van der Waals surface area contributed by atoms with Gasteiger partial charge in [0.2, 0.25) is 5.91 Å². The Labute approximate surface area is 186 Å². The molecule has 3 unspecified atom stereocenters. The van der Waals surface area contributed by atoms with Crippen LogP contribution in [-0.2, 0) is 24.1 Å². The predicted octanol–water partition coefficient (Wildman–Crippen LogP) is 3.53. The summed E-state index contributed by atoms with van der Waals surface area (Å²) in [5.74, 6) is 2.21. The molecule has 3 heterocycles. The Bertz CT molecular complexity index is 875. The van der Waals surface area contributed by atoms with E-state index in [0.717, 1.165) is 64.2 Å². The summed E-state index contributed by atoms with van der Waals surface area (Å²) >= 11 is 0. The molecule has 172 valence electrons.